The molecule has 3 heterocycles. The number of hydrazine groups is 1. The number of rotatable bonds is 9. The SMILES string of the molecule is CC.COCCN1CC2(CCOC2)n2cc(C(=O)NNC(=O)Cc3ccc(F)cc3F)c(=O)c(OCc3ccccc3)c2C1=O. The van der Waals surface area contributed by atoms with E-state index in [-0.39, 0.29) is 55.5 Å². The third kappa shape index (κ3) is 7.37. The molecule has 3 aromatic rings. The van der Waals surface area contributed by atoms with Crippen molar-refractivity contribution in [1.29, 1.82) is 0 Å². The Morgan fingerprint density at radius 2 is 1.82 bits per heavy atom. The van der Waals surface area contributed by atoms with Gasteiger partial charge < -0.3 is 23.7 Å². The molecule has 0 saturated carbocycles. The summed E-state index contributed by atoms with van der Waals surface area (Å²) in [6.07, 6.45) is 1.29. The van der Waals surface area contributed by atoms with Crippen LogP contribution in [0.15, 0.2) is 59.5 Å². The monoisotopic (exact) mass is 626 g/mol. The third-order valence-electron chi connectivity index (χ3n) is 7.45. The maximum Gasteiger partial charge on any atom is 0.275 e. The zero-order valence-corrected chi connectivity index (χ0v) is 25.4. The summed E-state index contributed by atoms with van der Waals surface area (Å²) in [5, 5.41) is 0. The first-order valence-corrected chi connectivity index (χ1v) is 14.6. The highest BCUT2D eigenvalue weighted by Crippen LogP contribution is 2.37. The molecule has 1 spiro atoms. The van der Waals surface area contributed by atoms with Gasteiger partial charge in [-0.2, -0.15) is 0 Å². The number of carbonyl (C=O) groups is 3. The summed E-state index contributed by atoms with van der Waals surface area (Å²) in [5.41, 5.74) is 2.94. The summed E-state index contributed by atoms with van der Waals surface area (Å²) in [7, 11) is 1.52. The minimum Gasteiger partial charge on any atom is -0.483 e. The van der Waals surface area contributed by atoms with Gasteiger partial charge in [0.25, 0.3) is 11.8 Å². The molecule has 240 valence electrons. The minimum absolute atomic E-state index is 0.0128. The second kappa shape index (κ2) is 14.9. The molecule has 1 fully saturated rings. The van der Waals surface area contributed by atoms with Crippen LogP contribution in [0.1, 0.15) is 52.2 Å². The molecule has 2 aliphatic heterocycles. The predicted molar refractivity (Wildman–Crippen MR) is 160 cm³/mol. The Kier molecular flexibility index (Phi) is 11.0. The number of hydrogen-bond donors (Lipinski definition) is 2. The number of pyridine rings is 1. The first-order valence-electron chi connectivity index (χ1n) is 14.6. The molecule has 0 radical (unpaired) electrons. The van der Waals surface area contributed by atoms with Gasteiger partial charge in [0.1, 0.15) is 23.8 Å². The van der Waals surface area contributed by atoms with Crippen LogP contribution in [-0.2, 0) is 32.8 Å². The van der Waals surface area contributed by atoms with Crippen molar-refractivity contribution in [3.63, 3.8) is 0 Å². The number of nitrogens with one attached hydrogen (secondary N) is 2. The van der Waals surface area contributed by atoms with Gasteiger partial charge in [-0.05, 0) is 23.6 Å². The molecule has 13 heteroatoms. The predicted octanol–water partition coefficient (Wildman–Crippen LogP) is 2.95. The second-order valence-corrected chi connectivity index (χ2v) is 10.4. The fourth-order valence-electron chi connectivity index (χ4n) is 5.21. The van der Waals surface area contributed by atoms with Gasteiger partial charge in [0.2, 0.25) is 11.3 Å². The number of nitrogens with zero attached hydrogens (tertiary/aromatic N) is 2. The summed E-state index contributed by atoms with van der Waals surface area (Å²) in [6.45, 7) is 5.36. The third-order valence-corrected chi connectivity index (χ3v) is 7.45. The first-order chi connectivity index (χ1) is 21.7. The molecule has 1 saturated heterocycles. The Bertz CT molecular complexity index is 1590. The van der Waals surface area contributed by atoms with Gasteiger partial charge in [0.15, 0.2) is 11.4 Å². The topological polar surface area (TPSA) is 128 Å². The normalized spacial score (nSPS) is 16.9. The fourth-order valence-corrected chi connectivity index (χ4v) is 5.21. The number of ether oxygens (including phenoxy) is 3. The lowest BCUT2D eigenvalue weighted by molar-refractivity contribution is -0.121. The Morgan fingerprint density at radius 3 is 2.49 bits per heavy atom. The van der Waals surface area contributed by atoms with Crippen molar-refractivity contribution in [2.75, 3.05) is 40.0 Å². The van der Waals surface area contributed by atoms with Crippen LogP contribution in [0.3, 0.4) is 0 Å². The highest BCUT2D eigenvalue weighted by atomic mass is 19.1. The van der Waals surface area contributed by atoms with Crippen molar-refractivity contribution in [2.45, 2.75) is 38.8 Å². The van der Waals surface area contributed by atoms with Crippen molar-refractivity contribution in [3.05, 3.63) is 99.0 Å². The van der Waals surface area contributed by atoms with Crippen LogP contribution >= 0.6 is 0 Å². The Labute approximate surface area is 259 Å². The van der Waals surface area contributed by atoms with E-state index in [1.165, 1.54) is 13.3 Å². The minimum atomic E-state index is -0.971. The van der Waals surface area contributed by atoms with Gasteiger partial charge in [-0.3, -0.25) is 30.0 Å². The Balaban J connectivity index is 0.00000226. The molecule has 5 rings (SSSR count). The summed E-state index contributed by atoms with van der Waals surface area (Å²) >= 11 is 0. The molecule has 2 aromatic carbocycles. The van der Waals surface area contributed by atoms with Crippen LogP contribution in [0.25, 0.3) is 0 Å². The molecule has 1 aromatic heterocycles. The van der Waals surface area contributed by atoms with E-state index in [0.717, 1.165) is 17.7 Å². The van der Waals surface area contributed by atoms with Gasteiger partial charge in [0, 0.05) is 39.1 Å². The number of benzene rings is 2. The molecule has 2 N–H and O–H groups in total. The number of fused-ring (bicyclic) bond motifs is 2. The van der Waals surface area contributed by atoms with E-state index >= 15 is 0 Å². The maximum atomic E-state index is 14.0. The standard InChI is InChI=1S/C30H30F2N4O7.C2H6/c1-41-12-10-35-17-30(9-11-42-18-30)36-15-22(28(39)34-33-24(37)13-20-7-8-21(31)14-23(20)32)26(38)27(25(36)29(35)40)43-16-19-5-3-2-4-6-19;1-2/h2-8,14-15H,9-13,16-18H2,1H3,(H,33,37)(H,34,39);1-2H3. The van der Waals surface area contributed by atoms with E-state index in [1.54, 1.807) is 33.7 Å². The number of hydrogen-bond acceptors (Lipinski definition) is 7. The fraction of sp³-hybridized carbons (Fsp3) is 0.375. The number of halogens is 2. The largest absolute Gasteiger partial charge is 0.483 e. The number of methoxy groups -OCH3 is 1. The van der Waals surface area contributed by atoms with Gasteiger partial charge in [-0.25, -0.2) is 8.78 Å². The van der Waals surface area contributed by atoms with Crippen LogP contribution in [0.2, 0.25) is 0 Å². The smallest absolute Gasteiger partial charge is 0.275 e. The summed E-state index contributed by atoms with van der Waals surface area (Å²) < 4.78 is 45.6. The van der Waals surface area contributed by atoms with Crippen molar-refractivity contribution in [3.8, 4) is 5.75 Å². The molecule has 45 heavy (non-hydrogen) atoms. The van der Waals surface area contributed by atoms with Gasteiger partial charge in [-0.1, -0.05) is 50.2 Å². The van der Waals surface area contributed by atoms with E-state index < -0.39 is 46.7 Å². The second-order valence-electron chi connectivity index (χ2n) is 10.4. The lowest BCUT2D eigenvalue weighted by Crippen LogP contribution is -2.56. The van der Waals surface area contributed by atoms with Gasteiger partial charge in [0.05, 0.1) is 25.2 Å². The average molecular weight is 627 g/mol. The molecular formula is C32H36F2N4O7. The molecule has 11 nitrogen and oxygen atoms in total. The lowest BCUT2D eigenvalue weighted by atomic mass is 9.92. The summed E-state index contributed by atoms with van der Waals surface area (Å²) in [4.78, 5) is 54.8. The summed E-state index contributed by atoms with van der Waals surface area (Å²) in [6, 6.07) is 11.8. The number of amides is 3. The molecule has 2 aliphatic rings. The van der Waals surface area contributed by atoms with Gasteiger partial charge in [-0.15, -0.1) is 0 Å². The Hall–Kier alpha value is -4.62. The molecule has 3 amide bonds. The highest BCUT2D eigenvalue weighted by Gasteiger charge is 2.47. The summed E-state index contributed by atoms with van der Waals surface area (Å²) in [5.74, 6) is -4.25. The average Bonchev–Trinajstić information content (AvgIpc) is 3.52. The van der Waals surface area contributed by atoms with E-state index in [0.29, 0.717) is 19.1 Å². The zero-order chi connectivity index (χ0) is 32.6. The van der Waals surface area contributed by atoms with E-state index in [9.17, 15) is 28.0 Å². The van der Waals surface area contributed by atoms with Crippen LogP contribution in [-0.4, -0.2) is 67.2 Å². The van der Waals surface area contributed by atoms with Gasteiger partial charge >= 0.3 is 0 Å². The maximum absolute atomic E-state index is 14.0. The first kappa shape index (κ1) is 33.3. The van der Waals surface area contributed by atoms with E-state index in [2.05, 4.69) is 10.9 Å². The van der Waals surface area contributed by atoms with Crippen LogP contribution in [0.4, 0.5) is 8.78 Å². The molecule has 1 unspecified atom stereocenters. The molecule has 0 bridgehead atoms. The zero-order valence-electron chi connectivity index (χ0n) is 25.4. The molecular weight excluding hydrogens is 590 g/mol. The van der Waals surface area contributed by atoms with E-state index in [4.69, 9.17) is 14.2 Å². The van der Waals surface area contributed by atoms with Crippen LogP contribution < -0.4 is 21.0 Å². The van der Waals surface area contributed by atoms with E-state index in [1.807, 2.05) is 19.9 Å². The van der Waals surface area contributed by atoms with Crippen molar-refractivity contribution < 1.29 is 37.4 Å². The van der Waals surface area contributed by atoms with Crippen molar-refractivity contribution >= 4 is 17.7 Å². The highest BCUT2D eigenvalue weighted by molar-refractivity contribution is 6.00. The number of aromatic nitrogens is 1. The van der Waals surface area contributed by atoms with Crippen LogP contribution in [0.5, 0.6) is 5.75 Å². The van der Waals surface area contributed by atoms with Crippen molar-refractivity contribution in [2.24, 2.45) is 0 Å². The number of carbonyl (C=O) groups excluding carboxylic acids is 3. The Morgan fingerprint density at radius 1 is 1.07 bits per heavy atom. The molecule has 1 atom stereocenters. The molecule has 0 aliphatic carbocycles. The van der Waals surface area contributed by atoms with Crippen LogP contribution in [0, 0.1) is 11.6 Å². The van der Waals surface area contributed by atoms with Crippen molar-refractivity contribution in [1.82, 2.24) is 20.3 Å². The lowest BCUT2D eigenvalue weighted by Gasteiger charge is -2.43. The quantitative estimate of drug-likeness (QED) is 0.350.